The molecule has 2 N–H and O–H groups in total. The van der Waals surface area contributed by atoms with Crippen molar-refractivity contribution in [2.24, 2.45) is 11.7 Å². The summed E-state index contributed by atoms with van der Waals surface area (Å²) in [5, 5.41) is 0. The Morgan fingerprint density at radius 3 is 2.92 bits per heavy atom. The fourth-order valence-electron chi connectivity index (χ4n) is 2.18. The Balaban J connectivity index is 1.93. The van der Waals surface area contributed by atoms with Gasteiger partial charge in [0.1, 0.15) is 5.76 Å². The first-order chi connectivity index (χ1) is 6.36. The second-order valence-corrected chi connectivity index (χ2v) is 3.99. The van der Waals surface area contributed by atoms with Crippen LogP contribution < -0.4 is 5.73 Å². The molecule has 0 spiro atoms. The van der Waals surface area contributed by atoms with Crippen molar-refractivity contribution in [1.29, 1.82) is 0 Å². The predicted octanol–water partition coefficient (Wildman–Crippen LogP) is 2.34. The van der Waals surface area contributed by atoms with E-state index in [0.29, 0.717) is 12.0 Å². The van der Waals surface area contributed by atoms with Gasteiger partial charge in [0.05, 0.1) is 6.26 Å². The maximum absolute atomic E-state index is 6.05. The largest absolute Gasteiger partial charge is 0.469 e. The molecule has 1 aliphatic rings. The van der Waals surface area contributed by atoms with Crippen molar-refractivity contribution >= 4 is 0 Å². The maximum Gasteiger partial charge on any atom is 0.104 e. The lowest BCUT2D eigenvalue weighted by Gasteiger charge is -2.27. The van der Waals surface area contributed by atoms with Crippen molar-refractivity contribution in [2.75, 3.05) is 0 Å². The molecule has 13 heavy (non-hydrogen) atoms. The Hall–Kier alpha value is -0.760. The molecule has 0 unspecified atom stereocenters. The van der Waals surface area contributed by atoms with Crippen LogP contribution in [0, 0.1) is 5.92 Å². The van der Waals surface area contributed by atoms with Crippen LogP contribution >= 0.6 is 0 Å². The number of hydrogen-bond donors (Lipinski definition) is 1. The molecule has 1 heterocycles. The third-order valence-corrected chi connectivity index (χ3v) is 3.01. The van der Waals surface area contributed by atoms with E-state index in [1.165, 1.54) is 25.7 Å². The Morgan fingerprint density at radius 1 is 1.38 bits per heavy atom. The normalized spacial score (nSPS) is 29.0. The summed E-state index contributed by atoms with van der Waals surface area (Å²) >= 11 is 0. The zero-order chi connectivity index (χ0) is 9.10. The standard InChI is InChI=1S/C11H17NO/c12-11-6-2-1-4-9(11)8-10-5-3-7-13-10/h3,5,7,9,11H,1-2,4,6,8,12H2/t9-,11+/m0/s1. The highest BCUT2D eigenvalue weighted by Crippen LogP contribution is 2.26. The zero-order valence-corrected chi connectivity index (χ0v) is 7.91. The summed E-state index contributed by atoms with van der Waals surface area (Å²) in [6.07, 6.45) is 7.85. The van der Waals surface area contributed by atoms with E-state index < -0.39 is 0 Å². The van der Waals surface area contributed by atoms with Crippen LogP contribution in [0.2, 0.25) is 0 Å². The Bertz CT molecular complexity index is 243. The number of rotatable bonds is 2. The van der Waals surface area contributed by atoms with Gasteiger partial charge < -0.3 is 10.2 Å². The van der Waals surface area contributed by atoms with Crippen LogP contribution in [0.3, 0.4) is 0 Å². The first-order valence-corrected chi connectivity index (χ1v) is 5.14. The highest BCUT2D eigenvalue weighted by Gasteiger charge is 2.22. The van der Waals surface area contributed by atoms with Gasteiger partial charge in [0, 0.05) is 12.5 Å². The predicted molar refractivity (Wildman–Crippen MR) is 52.3 cm³/mol. The minimum Gasteiger partial charge on any atom is -0.469 e. The van der Waals surface area contributed by atoms with E-state index in [1.807, 2.05) is 12.1 Å². The van der Waals surface area contributed by atoms with Gasteiger partial charge in [-0.3, -0.25) is 0 Å². The van der Waals surface area contributed by atoms with Crippen molar-refractivity contribution < 1.29 is 4.42 Å². The van der Waals surface area contributed by atoms with E-state index in [9.17, 15) is 0 Å². The molecular formula is C11H17NO. The molecule has 1 fully saturated rings. The molecule has 0 radical (unpaired) electrons. The van der Waals surface area contributed by atoms with Crippen molar-refractivity contribution in [3.63, 3.8) is 0 Å². The Morgan fingerprint density at radius 2 is 2.23 bits per heavy atom. The first kappa shape index (κ1) is 8.82. The van der Waals surface area contributed by atoms with E-state index in [-0.39, 0.29) is 0 Å². The highest BCUT2D eigenvalue weighted by molar-refractivity contribution is 5.00. The summed E-state index contributed by atoms with van der Waals surface area (Å²) in [4.78, 5) is 0. The van der Waals surface area contributed by atoms with Crippen molar-refractivity contribution in [1.82, 2.24) is 0 Å². The number of nitrogens with two attached hydrogens (primary N) is 1. The molecule has 1 aliphatic carbocycles. The monoisotopic (exact) mass is 179 g/mol. The molecule has 0 amide bonds. The summed E-state index contributed by atoms with van der Waals surface area (Å²) in [7, 11) is 0. The van der Waals surface area contributed by atoms with Gasteiger partial charge in [-0.2, -0.15) is 0 Å². The van der Waals surface area contributed by atoms with Gasteiger partial charge in [-0.25, -0.2) is 0 Å². The fourth-order valence-corrected chi connectivity index (χ4v) is 2.18. The van der Waals surface area contributed by atoms with Crippen molar-refractivity contribution in [3.05, 3.63) is 24.2 Å². The third-order valence-electron chi connectivity index (χ3n) is 3.01. The number of hydrogen-bond acceptors (Lipinski definition) is 2. The summed E-state index contributed by atoms with van der Waals surface area (Å²) in [5.41, 5.74) is 6.05. The smallest absolute Gasteiger partial charge is 0.104 e. The lowest BCUT2D eigenvalue weighted by atomic mass is 9.82. The second kappa shape index (κ2) is 3.97. The van der Waals surface area contributed by atoms with Crippen molar-refractivity contribution in [3.8, 4) is 0 Å². The molecule has 1 aromatic heterocycles. The summed E-state index contributed by atoms with van der Waals surface area (Å²) in [6.45, 7) is 0. The average Bonchev–Trinajstić information content (AvgIpc) is 2.61. The third kappa shape index (κ3) is 2.13. The Labute approximate surface area is 79.1 Å². The van der Waals surface area contributed by atoms with Crippen LogP contribution in [-0.4, -0.2) is 6.04 Å². The maximum atomic E-state index is 6.05. The van der Waals surface area contributed by atoms with Gasteiger partial charge in [0.25, 0.3) is 0 Å². The molecular weight excluding hydrogens is 162 g/mol. The molecule has 0 aromatic carbocycles. The average molecular weight is 179 g/mol. The van der Waals surface area contributed by atoms with Crippen LogP contribution in [0.4, 0.5) is 0 Å². The van der Waals surface area contributed by atoms with Crippen LogP contribution in [0.5, 0.6) is 0 Å². The second-order valence-electron chi connectivity index (χ2n) is 3.99. The summed E-state index contributed by atoms with van der Waals surface area (Å²) in [5.74, 6) is 1.72. The molecule has 2 atom stereocenters. The molecule has 0 aliphatic heterocycles. The molecule has 2 nitrogen and oxygen atoms in total. The van der Waals surface area contributed by atoms with Gasteiger partial charge in [-0.15, -0.1) is 0 Å². The van der Waals surface area contributed by atoms with Gasteiger partial charge in [0.2, 0.25) is 0 Å². The topological polar surface area (TPSA) is 39.2 Å². The van der Waals surface area contributed by atoms with Crippen LogP contribution in [0.1, 0.15) is 31.4 Å². The lowest BCUT2D eigenvalue weighted by Crippen LogP contribution is -2.34. The molecule has 1 saturated carbocycles. The molecule has 2 rings (SSSR count). The molecule has 1 aromatic rings. The quantitative estimate of drug-likeness (QED) is 0.756. The fraction of sp³-hybridized carbons (Fsp3) is 0.636. The van der Waals surface area contributed by atoms with Gasteiger partial charge >= 0.3 is 0 Å². The molecule has 0 saturated heterocycles. The molecule has 0 bridgehead atoms. The molecule has 2 heteroatoms. The van der Waals surface area contributed by atoms with Gasteiger partial charge in [-0.05, 0) is 30.9 Å². The van der Waals surface area contributed by atoms with Crippen LogP contribution in [0.25, 0.3) is 0 Å². The first-order valence-electron chi connectivity index (χ1n) is 5.14. The van der Waals surface area contributed by atoms with E-state index in [4.69, 9.17) is 10.2 Å². The minimum atomic E-state index is 0.388. The lowest BCUT2D eigenvalue weighted by molar-refractivity contribution is 0.290. The summed E-state index contributed by atoms with van der Waals surface area (Å²) < 4.78 is 5.33. The Kier molecular flexibility index (Phi) is 2.69. The van der Waals surface area contributed by atoms with E-state index >= 15 is 0 Å². The van der Waals surface area contributed by atoms with E-state index in [2.05, 4.69) is 0 Å². The van der Waals surface area contributed by atoms with Gasteiger partial charge in [0.15, 0.2) is 0 Å². The highest BCUT2D eigenvalue weighted by atomic mass is 16.3. The van der Waals surface area contributed by atoms with E-state index in [0.717, 1.165) is 12.2 Å². The van der Waals surface area contributed by atoms with Crippen LogP contribution in [-0.2, 0) is 6.42 Å². The van der Waals surface area contributed by atoms with E-state index in [1.54, 1.807) is 6.26 Å². The SMILES string of the molecule is N[C@@H]1CCCC[C@H]1Cc1ccco1. The zero-order valence-electron chi connectivity index (χ0n) is 7.91. The number of furan rings is 1. The summed E-state index contributed by atoms with van der Waals surface area (Å²) in [6, 6.07) is 4.38. The molecule has 72 valence electrons. The van der Waals surface area contributed by atoms with Gasteiger partial charge in [-0.1, -0.05) is 12.8 Å². The van der Waals surface area contributed by atoms with Crippen LogP contribution in [0.15, 0.2) is 22.8 Å². The van der Waals surface area contributed by atoms with Crippen molar-refractivity contribution in [2.45, 2.75) is 38.1 Å². The minimum absolute atomic E-state index is 0.388.